The van der Waals surface area contributed by atoms with Crippen molar-refractivity contribution in [1.29, 1.82) is 0 Å². The van der Waals surface area contributed by atoms with E-state index >= 15 is 0 Å². The van der Waals surface area contributed by atoms with Gasteiger partial charge in [0.2, 0.25) is 0 Å². The summed E-state index contributed by atoms with van der Waals surface area (Å²) in [5, 5.41) is 9.65. The largest absolute Gasteiger partial charge is 0.463 e. The Morgan fingerprint density at radius 3 is 1.34 bits per heavy atom. The number of imide groups is 4. The third-order valence-electron chi connectivity index (χ3n) is 13.9. The number of carbonyl (C=O) groups excluding carboxylic acids is 8. The summed E-state index contributed by atoms with van der Waals surface area (Å²) in [5.41, 5.74) is 3.58. The second-order valence-corrected chi connectivity index (χ2v) is 19.9. The second kappa shape index (κ2) is 21.0. The molecule has 0 aromatic heterocycles. The maximum Gasteiger partial charge on any atom is 0.333 e. The molecule has 0 atom stereocenters. The lowest BCUT2D eigenvalue weighted by Gasteiger charge is -2.32. The van der Waals surface area contributed by atoms with Gasteiger partial charge in [0.1, 0.15) is 24.4 Å². The number of urea groups is 2. The Morgan fingerprint density at radius 2 is 0.929 bits per heavy atom. The van der Waals surface area contributed by atoms with Crippen molar-refractivity contribution in [3.63, 3.8) is 0 Å². The van der Waals surface area contributed by atoms with Gasteiger partial charge in [-0.25, -0.2) is 9.59 Å². The van der Waals surface area contributed by atoms with E-state index in [1.165, 1.54) is 26.2 Å². The van der Waals surface area contributed by atoms with Crippen LogP contribution in [0.5, 0.6) is 0 Å². The van der Waals surface area contributed by atoms with Crippen LogP contribution < -0.4 is 9.80 Å². The molecule has 0 saturated carbocycles. The van der Waals surface area contributed by atoms with Crippen molar-refractivity contribution < 1.29 is 52.9 Å². The number of esters is 2. The monoisotopic (exact) mass is 964 g/mol. The Morgan fingerprint density at radius 1 is 0.543 bits per heavy atom. The van der Waals surface area contributed by atoms with Gasteiger partial charge >= 0.3 is 24.0 Å². The van der Waals surface area contributed by atoms with Crippen molar-refractivity contribution in [2.75, 3.05) is 70.4 Å². The zero-order valence-corrected chi connectivity index (χ0v) is 42.8. The highest BCUT2D eigenvalue weighted by Crippen LogP contribution is 2.48. The maximum absolute atomic E-state index is 13.2. The molecule has 70 heavy (non-hydrogen) atoms. The molecule has 8 amide bonds. The highest BCUT2D eigenvalue weighted by Gasteiger charge is 2.44. The van der Waals surface area contributed by atoms with Gasteiger partial charge in [0.05, 0.1) is 30.5 Å². The standard InChI is InChI=1S/C27H35N3O6.C26H33N3O5/c1-7-26(2,3)24(34)36-17-15-30-23(33)18(22(32)28(6)25(30)35)12-13-21-27(4,5)19-10-8-9-11-20(19)29(21)14-16-31;1-8-25(2,3)23(32)34-16-15-29-22(31)17(21(30)28(7)24(29)33)13-14-20-26(4,5)18-11-9-10-12-19(18)27(20)6/h8-13,31H,7,14-17H2,1-6H3;9-14H,8,15-16H2,1-7H3/b18-12+,21-13+;17-13+,20-14+. The molecule has 1 N–H and O–H groups in total. The van der Waals surface area contributed by atoms with Crippen molar-refractivity contribution >= 4 is 59.0 Å². The minimum absolute atomic E-state index is 0.0746. The number of hydrogen-bond donors (Lipinski definition) is 1. The normalized spacial score (nSPS) is 20.2. The smallest absolute Gasteiger partial charge is 0.333 e. The van der Waals surface area contributed by atoms with E-state index in [0.717, 1.165) is 53.5 Å². The minimum atomic E-state index is -0.767. The number of amides is 8. The van der Waals surface area contributed by atoms with Crippen LogP contribution in [0.1, 0.15) is 93.2 Å². The highest BCUT2D eigenvalue weighted by atomic mass is 16.5. The second-order valence-electron chi connectivity index (χ2n) is 19.9. The van der Waals surface area contributed by atoms with Crippen molar-refractivity contribution in [1.82, 2.24) is 19.6 Å². The summed E-state index contributed by atoms with van der Waals surface area (Å²) in [5.74, 6) is -3.63. The molecule has 17 nitrogen and oxygen atoms in total. The highest BCUT2D eigenvalue weighted by molar-refractivity contribution is 6.29. The predicted molar refractivity (Wildman–Crippen MR) is 264 cm³/mol. The van der Waals surface area contributed by atoms with Crippen LogP contribution in [0.25, 0.3) is 0 Å². The zero-order valence-electron chi connectivity index (χ0n) is 42.8. The van der Waals surface area contributed by atoms with Crippen LogP contribution in [0.2, 0.25) is 0 Å². The van der Waals surface area contributed by atoms with Crippen LogP contribution >= 0.6 is 0 Å². The lowest BCUT2D eigenvalue weighted by Crippen LogP contribution is -2.55. The van der Waals surface area contributed by atoms with E-state index in [-0.39, 0.29) is 49.5 Å². The van der Waals surface area contributed by atoms with Crippen LogP contribution in [0.3, 0.4) is 0 Å². The molecule has 0 radical (unpaired) electrons. The lowest BCUT2D eigenvalue weighted by atomic mass is 9.83. The molecule has 376 valence electrons. The number of anilines is 2. The van der Waals surface area contributed by atoms with E-state index < -0.39 is 63.9 Å². The Kier molecular flexibility index (Phi) is 16.2. The number of likely N-dealkylation sites (N-methyl/N-ethyl adjacent to an activating group) is 3. The molecular formula is C53H68N6O11. The molecule has 0 aliphatic carbocycles. The number of ether oxygens (including phenoxy) is 2. The van der Waals surface area contributed by atoms with Crippen molar-refractivity contribution in [3.8, 4) is 0 Å². The summed E-state index contributed by atoms with van der Waals surface area (Å²) in [6, 6.07) is 14.4. The molecular weight excluding hydrogens is 897 g/mol. The SMILES string of the molecule is CCC(C)(C)C(=O)OCCN1C(=O)/C(=C/C=C2/N(C)c3ccccc3C2(C)C)C(=O)N(C)C1=O.CCC(C)(C)C(=O)OCCN1C(=O)/C(=C/C=C2/N(CCO)c3ccccc3C2(C)C)C(=O)N(C)C1=O. The van der Waals surface area contributed by atoms with E-state index in [1.54, 1.807) is 39.8 Å². The van der Waals surface area contributed by atoms with E-state index in [4.69, 9.17) is 9.47 Å². The number of para-hydroxylation sites is 2. The molecule has 6 rings (SSSR count). The Hall–Kier alpha value is -6.88. The molecule has 2 aromatic carbocycles. The van der Waals surface area contributed by atoms with E-state index in [2.05, 4.69) is 19.9 Å². The van der Waals surface area contributed by atoms with Crippen molar-refractivity contribution in [3.05, 3.63) is 107 Å². The number of aliphatic hydroxyl groups is 1. The first-order chi connectivity index (χ1) is 32.7. The van der Waals surface area contributed by atoms with Gasteiger partial charge in [-0.05, 0) is 88.1 Å². The number of β-amino-alcohol motifs (C(OH)–C–C–N with tert-alkyl or cyclic N) is 1. The van der Waals surface area contributed by atoms with Gasteiger partial charge < -0.3 is 24.4 Å². The molecule has 4 aliphatic rings. The fourth-order valence-corrected chi connectivity index (χ4v) is 8.47. The maximum atomic E-state index is 13.2. The third kappa shape index (κ3) is 10.3. The van der Waals surface area contributed by atoms with Gasteiger partial charge in [-0.15, -0.1) is 0 Å². The van der Waals surface area contributed by atoms with Gasteiger partial charge in [-0.2, -0.15) is 0 Å². The van der Waals surface area contributed by atoms with Crippen molar-refractivity contribution in [2.45, 2.75) is 92.9 Å². The molecule has 0 spiro atoms. The van der Waals surface area contributed by atoms with Crippen molar-refractivity contribution in [2.24, 2.45) is 10.8 Å². The molecule has 0 unspecified atom stereocenters. The molecule has 17 heteroatoms. The zero-order chi connectivity index (χ0) is 52.3. The number of nitrogens with zero attached hydrogens (tertiary/aromatic N) is 6. The predicted octanol–water partition coefficient (Wildman–Crippen LogP) is 6.61. The minimum Gasteiger partial charge on any atom is -0.463 e. The summed E-state index contributed by atoms with van der Waals surface area (Å²) in [4.78, 5) is 109. The van der Waals surface area contributed by atoms with Gasteiger partial charge in [-0.1, -0.05) is 77.9 Å². The number of fused-ring (bicyclic) bond motifs is 2. The molecule has 2 saturated heterocycles. The summed E-state index contributed by atoms with van der Waals surface area (Å²) in [6.45, 7) is 18.7. The van der Waals surface area contributed by atoms with E-state index in [0.29, 0.717) is 19.4 Å². The number of carbonyl (C=O) groups is 8. The Balaban J connectivity index is 0.000000261. The van der Waals surface area contributed by atoms with Gasteiger partial charge in [-0.3, -0.25) is 48.4 Å². The fraction of sp³-hybridized carbons (Fsp3) is 0.472. The molecule has 0 bridgehead atoms. The van der Waals surface area contributed by atoms with Gasteiger partial charge in [0, 0.05) is 61.3 Å². The Bertz CT molecular complexity index is 2580. The first-order valence-electron chi connectivity index (χ1n) is 23.5. The molecule has 4 heterocycles. The first kappa shape index (κ1) is 54.1. The third-order valence-corrected chi connectivity index (χ3v) is 13.9. The first-order valence-corrected chi connectivity index (χ1v) is 23.5. The number of aliphatic hydroxyl groups excluding tert-OH is 1. The van der Waals surface area contributed by atoms with E-state index in [1.807, 2.05) is 87.0 Å². The number of rotatable bonds is 14. The van der Waals surface area contributed by atoms with Crippen LogP contribution in [-0.4, -0.2) is 133 Å². The van der Waals surface area contributed by atoms with E-state index in [9.17, 15) is 43.5 Å². The average Bonchev–Trinajstić information content (AvgIpc) is 3.66. The lowest BCUT2D eigenvalue weighted by molar-refractivity contribution is -0.155. The number of allylic oxidation sites excluding steroid dienone is 6. The number of barbiturate groups is 2. The average molecular weight is 965 g/mol. The molecule has 2 fully saturated rings. The summed E-state index contributed by atoms with van der Waals surface area (Å²) in [7, 11) is 4.58. The summed E-state index contributed by atoms with van der Waals surface area (Å²) < 4.78 is 10.6. The quantitative estimate of drug-likeness (QED) is 0.121. The number of benzene rings is 2. The Labute approximate surface area is 411 Å². The number of hydrogen-bond acceptors (Lipinski definition) is 13. The summed E-state index contributed by atoms with van der Waals surface area (Å²) >= 11 is 0. The van der Waals surface area contributed by atoms with Crippen LogP contribution in [0.15, 0.2) is 95.4 Å². The molecule has 4 aliphatic heterocycles. The van der Waals surface area contributed by atoms with Gasteiger partial charge in [0.15, 0.2) is 0 Å². The fourth-order valence-electron chi connectivity index (χ4n) is 8.47. The van der Waals surface area contributed by atoms with Gasteiger partial charge in [0.25, 0.3) is 23.6 Å². The van der Waals surface area contributed by atoms with Crippen LogP contribution in [-0.2, 0) is 49.1 Å². The summed E-state index contributed by atoms with van der Waals surface area (Å²) in [6.07, 6.45) is 7.55. The molecule has 2 aromatic rings. The topological polar surface area (TPSA) is 195 Å². The van der Waals surface area contributed by atoms with Crippen LogP contribution in [0.4, 0.5) is 21.0 Å². The van der Waals surface area contributed by atoms with Crippen LogP contribution in [0, 0.1) is 10.8 Å².